The van der Waals surface area contributed by atoms with E-state index in [9.17, 15) is 0 Å². The first kappa shape index (κ1) is 20.3. The number of aryl methyl sites for hydroxylation is 1. The highest BCUT2D eigenvalue weighted by Gasteiger charge is 2.42. The lowest BCUT2D eigenvalue weighted by Gasteiger charge is -2.30. The van der Waals surface area contributed by atoms with E-state index in [4.69, 9.17) is 21.4 Å². The Hall–Kier alpha value is -2.64. The molecule has 2 aliphatic heterocycles. The van der Waals surface area contributed by atoms with Crippen LogP contribution in [0.15, 0.2) is 53.3 Å². The second-order valence-electron chi connectivity index (χ2n) is 8.41. The lowest BCUT2D eigenvalue weighted by Crippen LogP contribution is -2.36. The third kappa shape index (κ3) is 3.88. The Morgan fingerprint density at radius 1 is 1.23 bits per heavy atom. The van der Waals surface area contributed by atoms with Crippen LogP contribution in [-0.4, -0.2) is 38.8 Å². The molecule has 2 fully saturated rings. The van der Waals surface area contributed by atoms with Gasteiger partial charge in [-0.2, -0.15) is 0 Å². The molecule has 0 saturated carbocycles. The molecule has 0 radical (unpaired) electrons. The van der Waals surface area contributed by atoms with Gasteiger partial charge in [0.05, 0.1) is 36.7 Å². The van der Waals surface area contributed by atoms with E-state index in [0.29, 0.717) is 0 Å². The first-order chi connectivity index (χ1) is 15.1. The minimum absolute atomic E-state index is 0.00679. The Bertz CT molecular complexity index is 1040. The zero-order valence-corrected chi connectivity index (χ0v) is 18.8. The summed E-state index contributed by atoms with van der Waals surface area (Å²) >= 11 is 5.82. The molecular formula is C24H28N4O2S. The van der Waals surface area contributed by atoms with Crippen LogP contribution in [0.1, 0.15) is 53.3 Å². The fourth-order valence-corrected chi connectivity index (χ4v) is 5.19. The van der Waals surface area contributed by atoms with Crippen molar-refractivity contribution < 1.29 is 9.15 Å². The van der Waals surface area contributed by atoms with Crippen LogP contribution < -0.4 is 5.32 Å². The van der Waals surface area contributed by atoms with Crippen molar-refractivity contribution in [1.29, 1.82) is 0 Å². The van der Waals surface area contributed by atoms with Crippen LogP contribution in [0.3, 0.4) is 0 Å². The quantitative estimate of drug-likeness (QED) is 0.582. The van der Waals surface area contributed by atoms with E-state index >= 15 is 0 Å². The van der Waals surface area contributed by atoms with Gasteiger partial charge in [0.25, 0.3) is 0 Å². The normalized spacial score (nSPS) is 23.5. The van der Waals surface area contributed by atoms with E-state index in [1.165, 1.54) is 17.0 Å². The predicted molar refractivity (Wildman–Crippen MR) is 123 cm³/mol. The first-order valence-corrected chi connectivity index (χ1v) is 11.3. The van der Waals surface area contributed by atoms with Gasteiger partial charge in [-0.15, -0.1) is 0 Å². The van der Waals surface area contributed by atoms with Crippen molar-refractivity contribution in [1.82, 2.24) is 19.8 Å². The Kier molecular flexibility index (Phi) is 5.54. The van der Waals surface area contributed by atoms with Gasteiger partial charge >= 0.3 is 0 Å². The molecule has 7 heteroatoms. The molecule has 1 N–H and O–H groups in total. The van der Waals surface area contributed by atoms with Gasteiger partial charge in [0.15, 0.2) is 5.11 Å². The van der Waals surface area contributed by atoms with E-state index in [1.54, 1.807) is 6.26 Å². The maximum Gasteiger partial charge on any atom is 0.170 e. The molecule has 3 unspecified atom stereocenters. The van der Waals surface area contributed by atoms with Crippen molar-refractivity contribution in [2.75, 3.05) is 13.2 Å². The van der Waals surface area contributed by atoms with E-state index in [-0.39, 0.29) is 18.2 Å². The van der Waals surface area contributed by atoms with Crippen molar-refractivity contribution >= 4 is 17.3 Å². The molecule has 2 saturated heterocycles. The first-order valence-electron chi connectivity index (χ1n) is 10.9. The van der Waals surface area contributed by atoms with E-state index in [1.807, 2.05) is 30.5 Å². The minimum Gasteiger partial charge on any atom is -0.467 e. The molecule has 162 valence electrons. The lowest BCUT2D eigenvalue weighted by molar-refractivity contribution is 0.0842. The van der Waals surface area contributed by atoms with Crippen LogP contribution in [0, 0.1) is 13.8 Å². The second-order valence-corrected chi connectivity index (χ2v) is 8.79. The monoisotopic (exact) mass is 436 g/mol. The van der Waals surface area contributed by atoms with Crippen LogP contribution in [0.4, 0.5) is 0 Å². The summed E-state index contributed by atoms with van der Waals surface area (Å²) < 4.78 is 13.9. The number of rotatable bonds is 6. The highest BCUT2D eigenvalue weighted by molar-refractivity contribution is 7.80. The standard InChI is InChI=1S/C24H28N4O2S/c1-16-13-20(17(2)27(16)14-18-7-5-11-29-18)23-22(21-9-3-4-10-25-21)26-24(31)28(23)15-19-8-6-12-30-19/h3-5,7,9-11,13,19,22-23H,6,8,12,14-15H2,1-2H3,(H,26,31). The third-order valence-electron chi connectivity index (χ3n) is 6.45. The van der Waals surface area contributed by atoms with Crippen molar-refractivity contribution in [3.63, 3.8) is 0 Å². The number of nitrogens with one attached hydrogen (secondary N) is 1. The average molecular weight is 437 g/mol. The summed E-state index contributed by atoms with van der Waals surface area (Å²) in [5.41, 5.74) is 4.70. The molecule has 0 aromatic carbocycles. The number of hydrogen-bond acceptors (Lipinski definition) is 4. The lowest BCUT2D eigenvalue weighted by atomic mass is 9.96. The summed E-state index contributed by atoms with van der Waals surface area (Å²) in [6.07, 6.45) is 5.99. The van der Waals surface area contributed by atoms with Gasteiger partial charge < -0.3 is 23.9 Å². The van der Waals surface area contributed by atoms with Crippen LogP contribution in [-0.2, 0) is 11.3 Å². The molecule has 0 amide bonds. The number of aromatic nitrogens is 2. The van der Waals surface area contributed by atoms with E-state index < -0.39 is 0 Å². The summed E-state index contributed by atoms with van der Waals surface area (Å²) in [7, 11) is 0. The van der Waals surface area contributed by atoms with Gasteiger partial charge in [-0.25, -0.2) is 0 Å². The molecule has 0 spiro atoms. The Morgan fingerprint density at radius 2 is 2.13 bits per heavy atom. The number of pyridine rings is 1. The largest absolute Gasteiger partial charge is 0.467 e. The summed E-state index contributed by atoms with van der Waals surface area (Å²) in [5.74, 6) is 0.950. The van der Waals surface area contributed by atoms with Crippen molar-refractivity contribution in [2.24, 2.45) is 0 Å². The molecule has 0 aliphatic carbocycles. The van der Waals surface area contributed by atoms with Gasteiger partial charge in [-0.3, -0.25) is 4.98 Å². The highest BCUT2D eigenvalue weighted by atomic mass is 32.1. The number of thiocarbonyl (C=S) groups is 1. The Morgan fingerprint density at radius 3 is 2.84 bits per heavy atom. The van der Waals surface area contributed by atoms with Crippen molar-refractivity contribution in [2.45, 2.75) is 51.4 Å². The van der Waals surface area contributed by atoms with Gasteiger partial charge in [0.1, 0.15) is 5.76 Å². The van der Waals surface area contributed by atoms with Gasteiger partial charge in [0, 0.05) is 30.7 Å². The fourth-order valence-electron chi connectivity index (χ4n) is 4.88. The molecule has 0 bridgehead atoms. The van der Waals surface area contributed by atoms with Gasteiger partial charge in [-0.1, -0.05) is 6.07 Å². The van der Waals surface area contributed by atoms with E-state index in [2.05, 4.69) is 45.7 Å². The van der Waals surface area contributed by atoms with Gasteiger partial charge in [0.2, 0.25) is 0 Å². The molecule has 3 aromatic rings. The average Bonchev–Trinajstić information content (AvgIpc) is 3.57. The maximum absolute atomic E-state index is 5.96. The van der Waals surface area contributed by atoms with E-state index in [0.717, 1.165) is 49.1 Å². The minimum atomic E-state index is -0.00679. The number of ether oxygens (including phenoxy) is 1. The molecule has 5 rings (SSSR count). The molecule has 6 nitrogen and oxygen atoms in total. The zero-order valence-electron chi connectivity index (χ0n) is 18.0. The number of hydrogen-bond donors (Lipinski definition) is 1. The van der Waals surface area contributed by atoms with Crippen LogP contribution >= 0.6 is 12.2 Å². The predicted octanol–water partition coefficient (Wildman–Crippen LogP) is 4.29. The van der Waals surface area contributed by atoms with Crippen LogP contribution in [0.2, 0.25) is 0 Å². The maximum atomic E-state index is 5.96. The van der Waals surface area contributed by atoms with Crippen LogP contribution in [0.5, 0.6) is 0 Å². The molecular weight excluding hydrogens is 408 g/mol. The number of nitrogens with zero attached hydrogens (tertiary/aromatic N) is 3. The fraction of sp³-hybridized carbons (Fsp3) is 0.417. The summed E-state index contributed by atoms with van der Waals surface area (Å²) in [6.45, 7) is 6.69. The highest BCUT2D eigenvalue weighted by Crippen LogP contribution is 2.41. The van der Waals surface area contributed by atoms with Gasteiger partial charge in [-0.05, 0) is 74.8 Å². The summed E-state index contributed by atoms with van der Waals surface area (Å²) in [5, 5.41) is 4.33. The molecule has 3 atom stereocenters. The Labute approximate surface area is 188 Å². The molecule has 2 aliphatic rings. The number of furan rings is 1. The third-order valence-corrected chi connectivity index (χ3v) is 6.80. The summed E-state index contributed by atoms with van der Waals surface area (Å²) in [6, 6.07) is 12.4. The molecule has 5 heterocycles. The molecule has 3 aromatic heterocycles. The Balaban J connectivity index is 1.53. The smallest absolute Gasteiger partial charge is 0.170 e. The molecule has 31 heavy (non-hydrogen) atoms. The summed E-state index contributed by atoms with van der Waals surface area (Å²) in [4.78, 5) is 6.96. The second kappa shape index (κ2) is 8.48. The SMILES string of the molecule is Cc1cc(C2C(c3ccccn3)NC(=S)N2CC2CCCO2)c(C)n1Cc1ccco1. The van der Waals surface area contributed by atoms with Crippen LogP contribution in [0.25, 0.3) is 0 Å². The van der Waals surface area contributed by atoms with Crippen molar-refractivity contribution in [3.8, 4) is 0 Å². The van der Waals surface area contributed by atoms with Crippen molar-refractivity contribution in [3.05, 3.63) is 77.3 Å². The zero-order chi connectivity index (χ0) is 21.4. The topological polar surface area (TPSA) is 55.5 Å².